The first kappa shape index (κ1) is 14.7. The number of rotatable bonds is 1. The third-order valence-corrected chi connectivity index (χ3v) is 4.92. The molecule has 1 atom stereocenters. The first-order chi connectivity index (χ1) is 12.7. The van der Waals surface area contributed by atoms with Gasteiger partial charge in [-0.1, -0.05) is 60.7 Å². The molecule has 5 rings (SSSR count). The Labute approximate surface area is 148 Å². The number of aromatic amines is 2. The van der Waals surface area contributed by atoms with Gasteiger partial charge in [-0.3, -0.25) is 14.8 Å². The number of fused-ring (bicyclic) bond motifs is 4. The summed E-state index contributed by atoms with van der Waals surface area (Å²) in [6.45, 7) is 0. The van der Waals surface area contributed by atoms with Gasteiger partial charge in [-0.25, -0.2) is 4.79 Å². The van der Waals surface area contributed by atoms with Crippen LogP contribution in [0, 0.1) is 0 Å². The Bertz CT molecular complexity index is 1260. The highest BCUT2D eigenvalue weighted by Gasteiger charge is 2.31. The molecular weight excluding hydrogens is 326 g/mol. The van der Waals surface area contributed by atoms with E-state index >= 15 is 0 Å². The van der Waals surface area contributed by atoms with E-state index in [9.17, 15) is 9.59 Å². The molecule has 0 saturated heterocycles. The lowest BCUT2D eigenvalue weighted by Gasteiger charge is -2.29. The van der Waals surface area contributed by atoms with Gasteiger partial charge in [-0.15, -0.1) is 0 Å². The maximum atomic E-state index is 12.7. The number of hydrogen-bond acceptors (Lipinski definition) is 3. The highest BCUT2D eigenvalue weighted by molar-refractivity contribution is 5.94. The van der Waals surface area contributed by atoms with Crippen molar-refractivity contribution in [3.63, 3.8) is 0 Å². The predicted molar refractivity (Wildman–Crippen MR) is 102 cm³/mol. The maximum absolute atomic E-state index is 12.7. The van der Waals surface area contributed by atoms with Crippen molar-refractivity contribution in [2.45, 2.75) is 5.92 Å². The fourth-order valence-corrected chi connectivity index (χ4v) is 3.84. The van der Waals surface area contributed by atoms with Crippen LogP contribution in [0.2, 0.25) is 0 Å². The van der Waals surface area contributed by atoms with E-state index < -0.39 is 5.69 Å². The van der Waals surface area contributed by atoms with Crippen molar-refractivity contribution in [1.29, 1.82) is 0 Å². The molecule has 3 aromatic carbocycles. The van der Waals surface area contributed by atoms with Gasteiger partial charge in [-0.05, 0) is 28.0 Å². The molecule has 0 bridgehead atoms. The third kappa shape index (κ3) is 2.10. The van der Waals surface area contributed by atoms with E-state index in [0.717, 1.165) is 27.6 Å². The van der Waals surface area contributed by atoms with Gasteiger partial charge in [0.25, 0.3) is 5.56 Å². The molecule has 0 saturated carbocycles. The molecule has 0 spiro atoms. The predicted octanol–water partition coefficient (Wildman–Crippen LogP) is 3.45. The van der Waals surface area contributed by atoms with Crippen LogP contribution in [-0.4, -0.2) is 9.97 Å². The van der Waals surface area contributed by atoms with Crippen molar-refractivity contribution in [2.75, 3.05) is 5.32 Å². The van der Waals surface area contributed by atoms with E-state index in [4.69, 9.17) is 0 Å². The van der Waals surface area contributed by atoms with Crippen LogP contribution in [0.15, 0.2) is 76.3 Å². The summed E-state index contributed by atoms with van der Waals surface area (Å²) in [6.07, 6.45) is 0. The minimum atomic E-state index is -0.516. The van der Waals surface area contributed by atoms with Gasteiger partial charge >= 0.3 is 5.69 Å². The van der Waals surface area contributed by atoms with E-state index in [1.54, 1.807) is 0 Å². The maximum Gasteiger partial charge on any atom is 0.327 e. The number of anilines is 2. The Morgan fingerprint density at radius 3 is 2.35 bits per heavy atom. The summed E-state index contributed by atoms with van der Waals surface area (Å²) in [4.78, 5) is 29.6. The molecule has 0 radical (unpaired) electrons. The van der Waals surface area contributed by atoms with Crippen LogP contribution < -0.4 is 16.6 Å². The first-order valence-electron chi connectivity index (χ1n) is 8.42. The van der Waals surface area contributed by atoms with Gasteiger partial charge in [0.05, 0.1) is 5.56 Å². The van der Waals surface area contributed by atoms with Crippen LogP contribution in [-0.2, 0) is 0 Å². The summed E-state index contributed by atoms with van der Waals surface area (Å²) < 4.78 is 0. The Hall–Kier alpha value is -3.60. The molecule has 3 N–H and O–H groups in total. The number of nitrogens with one attached hydrogen (secondary N) is 3. The van der Waals surface area contributed by atoms with E-state index in [2.05, 4.69) is 27.4 Å². The van der Waals surface area contributed by atoms with Crippen LogP contribution in [0.1, 0.15) is 22.6 Å². The van der Waals surface area contributed by atoms with Crippen LogP contribution in [0.3, 0.4) is 0 Å². The Balaban J connectivity index is 1.92. The van der Waals surface area contributed by atoms with Crippen molar-refractivity contribution in [3.05, 3.63) is 104 Å². The van der Waals surface area contributed by atoms with E-state index in [0.29, 0.717) is 11.4 Å². The van der Waals surface area contributed by atoms with Gasteiger partial charge in [0.15, 0.2) is 0 Å². The van der Waals surface area contributed by atoms with Gasteiger partial charge in [0, 0.05) is 11.6 Å². The molecule has 126 valence electrons. The fourth-order valence-electron chi connectivity index (χ4n) is 3.84. The summed E-state index contributed by atoms with van der Waals surface area (Å²) in [5, 5.41) is 5.43. The lowest BCUT2D eigenvalue weighted by atomic mass is 9.80. The number of H-pyrrole nitrogens is 2. The average Bonchev–Trinajstić information content (AvgIpc) is 2.66. The molecule has 26 heavy (non-hydrogen) atoms. The zero-order chi connectivity index (χ0) is 17.7. The van der Waals surface area contributed by atoms with E-state index in [1.165, 1.54) is 0 Å². The lowest BCUT2D eigenvalue weighted by molar-refractivity contribution is 0.893. The minimum Gasteiger partial charge on any atom is -0.341 e. The molecule has 0 fully saturated rings. The van der Waals surface area contributed by atoms with Gasteiger partial charge in [0.1, 0.15) is 5.82 Å². The number of benzene rings is 3. The van der Waals surface area contributed by atoms with Crippen molar-refractivity contribution in [2.24, 2.45) is 0 Å². The highest BCUT2D eigenvalue weighted by atomic mass is 16.2. The highest BCUT2D eigenvalue weighted by Crippen LogP contribution is 2.45. The zero-order valence-corrected chi connectivity index (χ0v) is 13.7. The molecule has 1 unspecified atom stereocenters. The van der Waals surface area contributed by atoms with Gasteiger partial charge in [-0.2, -0.15) is 0 Å². The second-order valence-corrected chi connectivity index (χ2v) is 6.41. The van der Waals surface area contributed by atoms with Crippen LogP contribution in [0.5, 0.6) is 0 Å². The molecule has 0 amide bonds. The van der Waals surface area contributed by atoms with Crippen LogP contribution in [0.4, 0.5) is 11.5 Å². The van der Waals surface area contributed by atoms with Crippen LogP contribution >= 0.6 is 0 Å². The summed E-state index contributed by atoms with van der Waals surface area (Å²) in [7, 11) is 0. The molecule has 1 aliphatic rings. The number of aromatic nitrogens is 2. The Morgan fingerprint density at radius 2 is 1.50 bits per heavy atom. The van der Waals surface area contributed by atoms with Gasteiger partial charge in [0.2, 0.25) is 0 Å². The zero-order valence-electron chi connectivity index (χ0n) is 13.7. The molecule has 1 aromatic heterocycles. The Morgan fingerprint density at radius 1 is 0.731 bits per heavy atom. The lowest BCUT2D eigenvalue weighted by Crippen LogP contribution is -2.31. The fraction of sp³-hybridized carbons (Fsp3) is 0.0476. The average molecular weight is 341 g/mol. The summed E-state index contributed by atoms with van der Waals surface area (Å²) in [5.41, 5.74) is 2.58. The SMILES string of the molecule is O=c1[nH]c2c(c(=O)[nH]1)C(c1ccccc1)c1c(ccc3ccccc13)N2. The van der Waals surface area contributed by atoms with Crippen molar-refractivity contribution < 1.29 is 0 Å². The largest absolute Gasteiger partial charge is 0.341 e. The normalized spacial score (nSPS) is 15.2. The van der Waals surface area contributed by atoms with E-state index in [-0.39, 0.29) is 11.5 Å². The topological polar surface area (TPSA) is 77.8 Å². The standard InChI is InChI=1S/C21H15N3O2/c25-20-18-16(13-7-2-1-3-8-13)17-14-9-5-4-6-12(14)10-11-15(17)22-19(18)23-21(26)24-20/h1-11,16H,(H3,22,23,24,25,26). The molecule has 2 heterocycles. The second kappa shape index (κ2) is 5.46. The van der Waals surface area contributed by atoms with Crippen molar-refractivity contribution in [3.8, 4) is 0 Å². The number of hydrogen-bond donors (Lipinski definition) is 3. The minimum absolute atomic E-state index is 0.269. The summed E-state index contributed by atoms with van der Waals surface area (Å²) >= 11 is 0. The summed E-state index contributed by atoms with van der Waals surface area (Å²) in [5.74, 6) is 0.185. The Kier molecular flexibility index (Phi) is 3.09. The third-order valence-electron chi connectivity index (χ3n) is 4.92. The van der Waals surface area contributed by atoms with Gasteiger partial charge < -0.3 is 5.32 Å². The monoisotopic (exact) mass is 341 g/mol. The van der Waals surface area contributed by atoms with Crippen molar-refractivity contribution in [1.82, 2.24) is 9.97 Å². The first-order valence-corrected chi connectivity index (χ1v) is 8.42. The smallest absolute Gasteiger partial charge is 0.327 e. The molecule has 4 aromatic rings. The van der Waals surface area contributed by atoms with Crippen LogP contribution in [0.25, 0.3) is 10.8 Å². The second-order valence-electron chi connectivity index (χ2n) is 6.41. The molecule has 5 nitrogen and oxygen atoms in total. The quantitative estimate of drug-likeness (QED) is 0.437. The summed E-state index contributed by atoms with van der Waals surface area (Å²) in [6, 6.07) is 22.1. The molecule has 1 aliphatic heterocycles. The molecular formula is C21H15N3O2. The van der Waals surface area contributed by atoms with Crippen molar-refractivity contribution >= 4 is 22.3 Å². The van der Waals surface area contributed by atoms with E-state index in [1.807, 2.05) is 54.6 Å². The molecule has 0 aliphatic carbocycles. The molecule has 5 heteroatoms.